The number of methoxy groups -OCH3 is 2. The maximum atomic E-state index is 12.9. The van der Waals surface area contributed by atoms with Crippen molar-refractivity contribution in [3.8, 4) is 11.5 Å². The highest BCUT2D eigenvalue weighted by Gasteiger charge is 2.32. The molecule has 0 spiro atoms. The van der Waals surface area contributed by atoms with E-state index in [4.69, 9.17) is 9.47 Å². The van der Waals surface area contributed by atoms with Crippen LogP contribution in [-0.2, 0) is 14.8 Å². The molecule has 8 nitrogen and oxygen atoms in total. The summed E-state index contributed by atoms with van der Waals surface area (Å²) in [5.74, 6) is 0.692. The molecule has 1 aliphatic heterocycles. The first-order valence-electron chi connectivity index (χ1n) is 9.14. The number of sulfonamides is 1. The van der Waals surface area contributed by atoms with Crippen LogP contribution >= 0.6 is 0 Å². The van der Waals surface area contributed by atoms with E-state index in [-0.39, 0.29) is 16.7 Å². The second-order valence-electron chi connectivity index (χ2n) is 6.34. The van der Waals surface area contributed by atoms with E-state index < -0.39 is 10.0 Å². The number of benzene rings is 1. The standard InChI is InChI=1S/C18H29N3O5S/c1-4-19-9-10-20-18(22)14-7-11-21(12-8-14)27(23,24)15-5-6-16(25-2)17(13-15)26-3/h5-6,13-14,19H,4,7-12H2,1-3H3,(H,20,22). The maximum Gasteiger partial charge on any atom is 0.243 e. The zero-order valence-electron chi connectivity index (χ0n) is 16.2. The van der Waals surface area contributed by atoms with Gasteiger partial charge in [0.1, 0.15) is 0 Å². The van der Waals surface area contributed by atoms with Gasteiger partial charge < -0.3 is 20.1 Å². The van der Waals surface area contributed by atoms with Gasteiger partial charge in [0.05, 0.1) is 19.1 Å². The van der Waals surface area contributed by atoms with E-state index >= 15 is 0 Å². The van der Waals surface area contributed by atoms with Crippen LogP contribution in [-0.4, -0.2) is 65.6 Å². The lowest BCUT2D eigenvalue weighted by atomic mass is 9.97. The fourth-order valence-corrected chi connectivity index (χ4v) is 4.57. The van der Waals surface area contributed by atoms with E-state index in [2.05, 4.69) is 10.6 Å². The lowest BCUT2D eigenvalue weighted by Gasteiger charge is -2.30. The minimum Gasteiger partial charge on any atom is -0.493 e. The molecular formula is C18H29N3O5S. The van der Waals surface area contributed by atoms with Crippen molar-refractivity contribution in [2.75, 3.05) is 46.9 Å². The molecule has 1 aromatic rings. The molecule has 1 saturated heterocycles. The molecule has 0 bridgehead atoms. The van der Waals surface area contributed by atoms with Crippen LogP contribution in [0, 0.1) is 5.92 Å². The van der Waals surface area contributed by atoms with Crippen molar-refractivity contribution in [1.29, 1.82) is 0 Å². The van der Waals surface area contributed by atoms with Crippen molar-refractivity contribution >= 4 is 15.9 Å². The molecule has 0 radical (unpaired) electrons. The topological polar surface area (TPSA) is 97.0 Å². The number of carbonyl (C=O) groups is 1. The van der Waals surface area contributed by atoms with Gasteiger partial charge in [-0.3, -0.25) is 4.79 Å². The van der Waals surface area contributed by atoms with Crippen molar-refractivity contribution in [2.45, 2.75) is 24.7 Å². The molecule has 0 saturated carbocycles. The predicted molar refractivity (Wildman–Crippen MR) is 103 cm³/mol. The molecule has 0 unspecified atom stereocenters. The fraction of sp³-hybridized carbons (Fsp3) is 0.611. The Bertz CT molecular complexity index is 731. The van der Waals surface area contributed by atoms with Crippen LogP contribution in [0.25, 0.3) is 0 Å². The number of carbonyl (C=O) groups excluding carboxylic acids is 1. The number of nitrogens with zero attached hydrogens (tertiary/aromatic N) is 1. The van der Waals surface area contributed by atoms with Gasteiger partial charge in [0.25, 0.3) is 0 Å². The molecule has 152 valence electrons. The molecule has 9 heteroatoms. The quantitative estimate of drug-likeness (QED) is 0.597. The number of hydrogen-bond donors (Lipinski definition) is 2. The average Bonchev–Trinajstić information content (AvgIpc) is 2.70. The van der Waals surface area contributed by atoms with E-state index in [1.165, 1.54) is 30.7 Å². The van der Waals surface area contributed by atoms with Crippen LogP contribution in [0.5, 0.6) is 11.5 Å². The molecule has 1 heterocycles. The lowest BCUT2D eigenvalue weighted by molar-refractivity contribution is -0.126. The lowest BCUT2D eigenvalue weighted by Crippen LogP contribution is -2.44. The first kappa shape index (κ1) is 21.5. The summed E-state index contributed by atoms with van der Waals surface area (Å²) in [7, 11) is -0.670. The average molecular weight is 400 g/mol. The first-order valence-corrected chi connectivity index (χ1v) is 10.6. The zero-order valence-corrected chi connectivity index (χ0v) is 17.0. The van der Waals surface area contributed by atoms with E-state index in [0.29, 0.717) is 44.0 Å². The Morgan fingerprint density at radius 3 is 2.41 bits per heavy atom. The Kier molecular flexibility index (Phi) is 7.88. The Labute approximate surface area is 161 Å². The summed E-state index contributed by atoms with van der Waals surface area (Å²) >= 11 is 0. The zero-order chi connectivity index (χ0) is 19.9. The number of amides is 1. The van der Waals surface area contributed by atoms with E-state index in [1.54, 1.807) is 6.07 Å². The Balaban J connectivity index is 1.97. The molecular weight excluding hydrogens is 370 g/mol. The third-order valence-corrected chi connectivity index (χ3v) is 6.56. The molecule has 0 aromatic heterocycles. The fourth-order valence-electron chi connectivity index (χ4n) is 3.08. The van der Waals surface area contributed by atoms with Crippen molar-refractivity contribution in [2.24, 2.45) is 5.92 Å². The molecule has 0 atom stereocenters. The van der Waals surface area contributed by atoms with Gasteiger partial charge in [-0.1, -0.05) is 6.92 Å². The number of piperidine rings is 1. The van der Waals surface area contributed by atoms with E-state index in [1.807, 2.05) is 6.92 Å². The van der Waals surface area contributed by atoms with Crippen molar-refractivity contribution in [1.82, 2.24) is 14.9 Å². The summed E-state index contributed by atoms with van der Waals surface area (Å²) in [6, 6.07) is 4.56. The van der Waals surface area contributed by atoms with Gasteiger partial charge in [0.2, 0.25) is 15.9 Å². The first-order chi connectivity index (χ1) is 12.9. The maximum absolute atomic E-state index is 12.9. The van der Waals surface area contributed by atoms with Gasteiger partial charge in [0.15, 0.2) is 11.5 Å². The van der Waals surface area contributed by atoms with Crippen LogP contribution in [0.15, 0.2) is 23.1 Å². The SMILES string of the molecule is CCNCCNC(=O)C1CCN(S(=O)(=O)c2ccc(OC)c(OC)c2)CC1. The van der Waals surface area contributed by atoms with Gasteiger partial charge in [0, 0.05) is 38.2 Å². The minimum atomic E-state index is -3.64. The predicted octanol–water partition coefficient (Wildman–Crippen LogP) is 0.830. The normalized spacial score (nSPS) is 16.1. The number of ether oxygens (including phenoxy) is 2. The second kappa shape index (κ2) is 9.91. The summed E-state index contributed by atoms with van der Waals surface area (Å²) in [6.45, 7) is 4.83. The third-order valence-electron chi connectivity index (χ3n) is 4.67. The molecule has 1 aromatic carbocycles. The van der Waals surface area contributed by atoms with Crippen LogP contribution < -0.4 is 20.1 Å². The third kappa shape index (κ3) is 5.33. The second-order valence-corrected chi connectivity index (χ2v) is 8.28. The minimum absolute atomic E-state index is 0.00364. The smallest absolute Gasteiger partial charge is 0.243 e. The van der Waals surface area contributed by atoms with Gasteiger partial charge in [-0.2, -0.15) is 4.31 Å². The van der Waals surface area contributed by atoms with Crippen molar-refractivity contribution < 1.29 is 22.7 Å². The van der Waals surface area contributed by atoms with Gasteiger partial charge in [-0.05, 0) is 31.5 Å². The Hall–Kier alpha value is -1.84. The van der Waals surface area contributed by atoms with Crippen molar-refractivity contribution in [3.63, 3.8) is 0 Å². The number of hydrogen-bond acceptors (Lipinski definition) is 6. The largest absolute Gasteiger partial charge is 0.493 e. The van der Waals surface area contributed by atoms with E-state index in [0.717, 1.165) is 13.1 Å². The molecule has 0 aliphatic carbocycles. The number of rotatable bonds is 9. The summed E-state index contributed by atoms with van der Waals surface area (Å²) in [6.07, 6.45) is 1.03. The van der Waals surface area contributed by atoms with Crippen LogP contribution in [0.2, 0.25) is 0 Å². The highest BCUT2D eigenvalue weighted by Crippen LogP contribution is 2.31. The monoisotopic (exact) mass is 399 g/mol. The van der Waals surface area contributed by atoms with Crippen molar-refractivity contribution in [3.05, 3.63) is 18.2 Å². The van der Waals surface area contributed by atoms with Gasteiger partial charge in [-0.25, -0.2) is 8.42 Å². The van der Waals surface area contributed by atoms with Crippen LogP contribution in [0.3, 0.4) is 0 Å². The number of likely N-dealkylation sites (N-methyl/N-ethyl adjacent to an activating group) is 1. The summed E-state index contributed by atoms with van der Waals surface area (Å²) in [4.78, 5) is 12.4. The molecule has 27 heavy (non-hydrogen) atoms. The number of nitrogens with one attached hydrogen (secondary N) is 2. The Morgan fingerprint density at radius 1 is 1.15 bits per heavy atom. The molecule has 2 N–H and O–H groups in total. The van der Waals surface area contributed by atoms with Gasteiger partial charge in [-0.15, -0.1) is 0 Å². The molecule has 2 rings (SSSR count). The van der Waals surface area contributed by atoms with Gasteiger partial charge >= 0.3 is 0 Å². The molecule has 1 amide bonds. The molecule has 1 fully saturated rings. The highest BCUT2D eigenvalue weighted by molar-refractivity contribution is 7.89. The summed E-state index contributed by atoms with van der Waals surface area (Å²) in [5, 5.41) is 6.05. The summed E-state index contributed by atoms with van der Waals surface area (Å²) in [5.41, 5.74) is 0. The van der Waals surface area contributed by atoms with Crippen LogP contribution in [0.1, 0.15) is 19.8 Å². The summed E-state index contributed by atoms with van der Waals surface area (Å²) < 4.78 is 37.6. The van der Waals surface area contributed by atoms with Crippen LogP contribution in [0.4, 0.5) is 0 Å². The molecule has 1 aliphatic rings. The Morgan fingerprint density at radius 2 is 1.81 bits per heavy atom. The van der Waals surface area contributed by atoms with E-state index in [9.17, 15) is 13.2 Å². The highest BCUT2D eigenvalue weighted by atomic mass is 32.2.